The number of nitrogens with zero attached hydrogens (tertiary/aromatic N) is 2. The van der Waals surface area contributed by atoms with Gasteiger partial charge in [-0.25, -0.2) is 13.8 Å². The van der Waals surface area contributed by atoms with Crippen LogP contribution in [0.2, 0.25) is 5.02 Å². The van der Waals surface area contributed by atoms with Gasteiger partial charge in [0.2, 0.25) is 0 Å². The van der Waals surface area contributed by atoms with Crippen LogP contribution in [0, 0.1) is 0 Å². The molecule has 0 unspecified atom stereocenters. The first kappa shape index (κ1) is 25.1. The van der Waals surface area contributed by atoms with E-state index in [-0.39, 0.29) is 16.3 Å². The minimum absolute atomic E-state index is 0.0133. The molecule has 0 aliphatic carbocycles. The highest BCUT2D eigenvalue weighted by Crippen LogP contribution is 2.26. The second-order valence-corrected chi connectivity index (χ2v) is 9.44. The molecule has 0 saturated heterocycles. The van der Waals surface area contributed by atoms with Gasteiger partial charge in [0.15, 0.2) is 0 Å². The largest absolute Gasteiger partial charge is 0.507 e. The molecular formula is C24H24ClN3O5S. The summed E-state index contributed by atoms with van der Waals surface area (Å²) in [6, 6.07) is 18.6. The Bertz CT molecular complexity index is 1280. The topological polar surface area (TPSA) is 108 Å². The van der Waals surface area contributed by atoms with Crippen molar-refractivity contribution in [3.8, 4) is 11.5 Å². The smallest absolute Gasteiger partial charge is 0.264 e. The van der Waals surface area contributed by atoms with Crippen molar-refractivity contribution in [3.05, 3.63) is 83.4 Å². The number of aromatic hydroxyl groups is 1. The fraction of sp³-hybridized carbons (Fsp3) is 0.167. The summed E-state index contributed by atoms with van der Waals surface area (Å²) in [4.78, 5) is 12.7. The first-order valence-corrected chi connectivity index (χ1v) is 12.2. The monoisotopic (exact) mass is 501 g/mol. The summed E-state index contributed by atoms with van der Waals surface area (Å²) in [5.74, 6) is -0.0806. The summed E-state index contributed by atoms with van der Waals surface area (Å²) < 4.78 is 33.2. The molecule has 3 rings (SSSR count). The maximum absolute atomic E-state index is 13.4. The Hall–Kier alpha value is -3.56. The molecule has 0 spiro atoms. The molecule has 0 aromatic heterocycles. The zero-order valence-electron chi connectivity index (χ0n) is 18.6. The van der Waals surface area contributed by atoms with Crippen molar-refractivity contribution in [2.24, 2.45) is 5.10 Å². The van der Waals surface area contributed by atoms with Gasteiger partial charge in [-0.3, -0.25) is 9.10 Å². The number of nitrogens with one attached hydrogen (secondary N) is 1. The number of anilines is 1. The third-order valence-electron chi connectivity index (χ3n) is 4.77. The Kier molecular flexibility index (Phi) is 8.14. The first-order chi connectivity index (χ1) is 16.2. The molecule has 0 atom stereocenters. The molecule has 1 amide bonds. The van der Waals surface area contributed by atoms with Crippen LogP contribution in [-0.4, -0.2) is 38.3 Å². The number of hydrogen-bond donors (Lipinski definition) is 2. The van der Waals surface area contributed by atoms with Crippen LogP contribution in [0.3, 0.4) is 0 Å². The maximum atomic E-state index is 13.4. The maximum Gasteiger partial charge on any atom is 0.264 e. The van der Waals surface area contributed by atoms with E-state index >= 15 is 0 Å². The molecule has 10 heteroatoms. The predicted molar refractivity (Wildman–Crippen MR) is 132 cm³/mol. The van der Waals surface area contributed by atoms with Crippen LogP contribution in [-0.2, 0) is 14.8 Å². The molecule has 178 valence electrons. The lowest BCUT2D eigenvalue weighted by Gasteiger charge is -2.24. The van der Waals surface area contributed by atoms with E-state index in [0.29, 0.717) is 28.7 Å². The number of ether oxygens (including phenoxy) is 1. The fourth-order valence-electron chi connectivity index (χ4n) is 3.08. The minimum Gasteiger partial charge on any atom is -0.507 e. The second kappa shape index (κ2) is 11.0. The molecule has 34 heavy (non-hydrogen) atoms. The molecule has 0 bridgehead atoms. The SMILES string of the molecule is CCOc1ccc(N(CC(=O)N/N=C(/C)c2ccccc2O)S(=O)(=O)c2ccc(Cl)cc2)cc1. The first-order valence-electron chi connectivity index (χ1n) is 10.3. The Morgan fingerprint density at radius 1 is 1.06 bits per heavy atom. The number of rotatable bonds is 9. The Morgan fingerprint density at radius 2 is 1.71 bits per heavy atom. The van der Waals surface area contributed by atoms with Gasteiger partial charge in [0.25, 0.3) is 15.9 Å². The minimum atomic E-state index is -4.10. The number of benzene rings is 3. The molecule has 0 heterocycles. The van der Waals surface area contributed by atoms with E-state index in [9.17, 15) is 18.3 Å². The number of sulfonamides is 1. The Morgan fingerprint density at radius 3 is 2.32 bits per heavy atom. The summed E-state index contributed by atoms with van der Waals surface area (Å²) in [6.07, 6.45) is 0. The highest BCUT2D eigenvalue weighted by atomic mass is 35.5. The van der Waals surface area contributed by atoms with E-state index in [1.54, 1.807) is 49.4 Å². The third kappa shape index (κ3) is 6.06. The zero-order valence-corrected chi connectivity index (χ0v) is 20.2. The van der Waals surface area contributed by atoms with Crippen molar-refractivity contribution in [3.63, 3.8) is 0 Å². The van der Waals surface area contributed by atoms with Crippen LogP contribution in [0.1, 0.15) is 19.4 Å². The van der Waals surface area contributed by atoms with Gasteiger partial charge in [-0.2, -0.15) is 5.10 Å². The van der Waals surface area contributed by atoms with Crippen LogP contribution >= 0.6 is 11.6 Å². The van der Waals surface area contributed by atoms with Gasteiger partial charge in [-0.1, -0.05) is 23.7 Å². The van der Waals surface area contributed by atoms with E-state index in [4.69, 9.17) is 16.3 Å². The van der Waals surface area contributed by atoms with Crippen molar-refractivity contribution < 1.29 is 23.1 Å². The van der Waals surface area contributed by atoms with Gasteiger partial charge < -0.3 is 9.84 Å². The fourth-order valence-corrected chi connectivity index (χ4v) is 4.62. The van der Waals surface area contributed by atoms with Gasteiger partial charge in [0, 0.05) is 10.6 Å². The molecule has 3 aromatic carbocycles. The number of hydrazone groups is 1. The average molecular weight is 502 g/mol. The molecule has 0 radical (unpaired) electrons. The van der Waals surface area contributed by atoms with Crippen LogP contribution in [0.15, 0.2) is 82.8 Å². The van der Waals surface area contributed by atoms with Gasteiger partial charge in [-0.05, 0) is 74.5 Å². The number of para-hydroxylation sites is 1. The zero-order chi connectivity index (χ0) is 24.7. The van der Waals surface area contributed by atoms with Crippen molar-refractivity contribution in [1.29, 1.82) is 0 Å². The number of phenols is 1. The molecule has 3 aromatic rings. The van der Waals surface area contributed by atoms with Crippen molar-refractivity contribution in [2.75, 3.05) is 17.5 Å². The second-order valence-electron chi connectivity index (χ2n) is 7.14. The average Bonchev–Trinajstić information content (AvgIpc) is 2.82. The van der Waals surface area contributed by atoms with E-state index < -0.39 is 22.5 Å². The lowest BCUT2D eigenvalue weighted by Crippen LogP contribution is -2.39. The van der Waals surface area contributed by atoms with E-state index in [1.807, 2.05) is 6.92 Å². The van der Waals surface area contributed by atoms with Crippen LogP contribution in [0.25, 0.3) is 0 Å². The summed E-state index contributed by atoms with van der Waals surface area (Å²) in [5.41, 5.74) is 3.44. The summed E-state index contributed by atoms with van der Waals surface area (Å²) in [6.45, 7) is 3.39. The molecule has 2 N–H and O–H groups in total. The van der Waals surface area contributed by atoms with E-state index in [2.05, 4.69) is 10.5 Å². The number of carbonyl (C=O) groups is 1. The molecular weight excluding hydrogens is 478 g/mol. The summed E-state index contributed by atoms with van der Waals surface area (Å²) >= 11 is 5.90. The van der Waals surface area contributed by atoms with E-state index in [0.717, 1.165) is 4.31 Å². The number of carbonyl (C=O) groups excluding carboxylic acids is 1. The lowest BCUT2D eigenvalue weighted by atomic mass is 10.1. The van der Waals surface area contributed by atoms with Gasteiger partial charge >= 0.3 is 0 Å². The van der Waals surface area contributed by atoms with Gasteiger partial charge in [0.1, 0.15) is 18.0 Å². The lowest BCUT2D eigenvalue weighted by molar-refractivity contribution is -0.119. The molecule has 0 aliphatic rings. The molecule has 8 nitrogen and oxygen atoms in total. The quantitative estimate of drug-likeness (QED) is 0.338. The van der Waals surface area contributed by atoms with Gasteiger partial charge in [-0.15, -0.1) is 0 Å². The number of halogens is 1. The third-order valence-corrected chi connectivity index (χ3v) is 6.81. The van der Waals surface area contributed by atoms with Crippen LogP contribution in [0.5, 0.6) is 11.5 Å². The molecule has 0 aliphatic heterocycles. The standard InChI is InChI=1S/C24H24ClN3O5S/c1-3-33-20-12-10-19(11-13-20)28(34(31,32)21-14-8-18(25)9-15-21)16-24(30)27-26-17(2)22-6-4-5-7-23(22)29/h4-15,29H,3,16H2,1-2H3,(H,27,30)/b26-17-. The molecule has 0 saturated carbocycles. The predicted octanol–water partition coefficient (Wildman–Crippen LogP) is 4.18. The summed E-state index contributed by atoms with van der Waals surface area (Å²) in [5, 5.41) is 14.3. The van der Waals surface area contributed by atoms with E-state index in [1.165, 1.54) is 30.3 Å². The normalized spacial score (nSPS) is 11.7. The highest BCUT2D eigenvalue weighted by molar-refractivity contribution is 7.92. The van der Waals surface area contributed by atoms with Crippen molar-refractivity contribution in [2.45, 2.75) is 18.7 Å². The van der Waals surface area contributed by atoms with Gasteiger partial charge in [0.05, 0.1) is 22.9 Å². The van der Waals surface area contributed by atoms with Crippen LogP contribution < -0.4 is 14.5 Å². The summed E-state index contributed by atoms with van der Waals surface area (Å²) in [7, 11) is -4.10. The number of phenolic OH excluding ortho intramolecular Hbond substituents is 1. The Balaban J connectivity index is 1.89. The highest BCUT2D eigenvalue weighted by Gasteiger charge is 2.27. The number of amides is 1. The number of hydrogen-bond acceptors (Lipinski definition) is 6. The van der Waals surface area contributed by atoms with Crippen LogP contribution in [0.4, 0.5) is 5.69 Å². The van der Waals surface area contributed by atoms with Crippen molar-refractivity contribution >= 4 is 38.9 Å². The van der Waals surface area contributed by atoms with Crippen molar-refractivity contribution in [1.82, 2.24) is 5.43 Å². The Labute approximate surface area is 203 Å². The molecule has 0 fully saturated rings.